The second-order valence-electron chi connectivity index (χ2n) is 5.03. The summed E-state index contributed by atoms with van der Waals surface area (Å²) in [7, 11) is 0. The van der Waals surface area contributed by atoms with Crippen molar-refractivity contribution in [3.63, 3.8) is 0 Å². The number of hydrogen-bond donors (Lipinski definition) is 1. The van der Waals surface area contributed by atoms with Gasteiger partial charge in [-0.3, -0.25) is 0 Å². The first-order valence-electron chi connectivity index (χ1n) is 7.09. The molecule has 21 heavy (non-hydrogen) atoms. The number of rotatable bonds is 4. The molecular weight excluding hydrogens is 269 g/mol. The van der Waals surface area contributed by atoms with Gasteiger partial charge < -0.3 is 10.2 Å². The molecule has 0 bridgehead atoms. The molecule has 0 spiro atoms. The van der Waals surface area contributed by atoms with Crippen molar-refractivity contribution in [1.82, 2.24) is 4.90 Å². The van der Waals surface area contributed by atoms with E-state index in [1.165, 1.54) is 12.1 Å². The molecule has 110 valence electrons. The fraction of sp³-hybridized carbons (Fsp3) is 0.375. The highest BCUT2D eigenvalue weighted by molar-refractivity contribution is 5.90. The molecule has 1 aromatic rings. The van der Waals surface area contributed by atoms with Crippen LogP contribution in [0.15, 0.2) is 30.4 Å². The number of hydrogen-bond acceptors (Lipinski definition) is 2. The second kappa shape index (κ2) is 6.89. The van der Waals surface area contributed by atoms with Crippen molar-refractivity contribution < 1.29 is 9.18 Å². The highest BCUT2D eigenvalue weighted by atomic mass is 19.1. The van der Waals surface area contributed by atoms with Crippen molar-refractivity contribution in [3.05, 3.63) is 41.7 Å². The van der Waals surface area contributed by atoms with Crippen molar-refractivity contribution in [2.24, 2.45) is 0 Å². The molecule has 0 aliphatic carbocycles. The molecule has 1 aliphatic heterocycles. The minimum Gasteiger partial charge on any atom is -0.314 e. The molecule has 0 saturated heterocycles. The molecule has 1 aliphatic rings. The molecule has 1 aromatic carbocycles. The summed E-state index contributed by atoms with van der Waals surface area (Å²) in [6.07, 6.45) is 7.00. The van der Waals surface area contributed by atoms with Gasteiger partial charge in [-0.2, -0.15) is 5.26 Å². The Bertz CT molecular complexity index is 592. The lowest BCUT2D eigenvalue weighted by atomic mass is 10.1. The van der Waals surface area contributed by atoms with Crippen LogP contribution in [0.2, 0.25) is 0 Å². The van der Waals surface area contributed by atoms with E-state index in [1.807, 2.05) is 18.2 Å². The number of benzene rings is 1. The number of nitrogens with one attached hydrogen (secondary N) is 1. The fourth-order valence-corrected chi connectivity index (χ4v) is 2.34. The largest absolute Gasteiger partial charge is 0.322 e. The summed E-state index contributed by atoms with van der Waals surface area (Å²) < 4.78 is 13.8. The minimum absolute atomic E-state index is 0.0754. The van der Waals surface area contributed by atoms with Gasteiger partial charge in [0.05, 0.1) is 23.4 Å². The molecule has 0 saturated carbocycles. The summed E-state index contributed by atoms with van der Waals surface area (Å²) in [5.74, 6) is -0.598. The van der Waals surface area contributed by atoms with Gasteiger partial charge >= 0.3 is 6.03 Å². The van der Waals surface area contributed by atoms with E-state index < -0.39 is 5.82 Å². The molecule has 0 aromatic heterocycles. The van der Waals surface area contributed by atoms with E-state index in [9.17, 15) is 9.18 Å². The average Bonchev–Trinajstić information content (AvgIpc) is 2.95. The predicted octanol–water partition coefficient (Wildman–Crippen LogP) is 3.66. The number of carbonyl (C=O) groups excluding carboxylic acids is 1. The number of anilines is 1. The van der Waals surface area contributed by atoms with Gasteiger partial charge in [0.1, 0.15) is 5.82 Å². The maximum Gasteiger partial charge on any atom is 0.322 e. The Kier molecular flexibility index (Phi) is 4.94. The first kappa shape index (κ1) is 15.0. The first-order chi connectivity index (χ1) is 10.2. The number of nitriles is 1. The Morgan fingerprint density at radius 1 is 1.57 bits per heavy atom. The van der Waals surface area contributed by atoms with E-state index in [4.69, 9.17) is 5.26 Å². The van der Waals surface area contributed by atoms with Gasteiger partial charge in [-0.15, -0.1) is 0 Å². The highest BCUT2D eigenvalue weighted by Gasteiger charge is 2.24. The van der Waals surface area contributed by atoms with Crippen molar-refractivity contribution in [2.75, 3.05) is 11.9 Å². The lowest BCUT2D eigenvalue weighted by Crippen LogP contribution is -2.39. The zero-order valence-electron chi connectivity index (χ0n) is 12.0. The Morgan fingerprint density at radius 3 is 3.05 bits per heavy atom. The molecule has 5 heteroatoms. The van der Waals surface area contributed by atoms with Crippen LogP contribution in [0.4, 0.5) is 14.9 Å². The highest BCUT2D eigenvalue weighted by Crippen LogP contribution is 2.20. The third-order valence-electron chi connectivity index (χ3n) is 3.51. The van der Waals surface area contributed by atoms with Crippen molar-refractivity contribution in [3.8, 4) is 6.07 Å². The molecule has 2 amide bonds. The number of urea groups is 1. The smallest absolute Gasteiger partial charge is 0.314 e. The van der Waals surface area contributed by atoms with Crippen molar-refractivity contribution in [2.45, 2.75) is 32.2 Å². The van der Waals surface area contributed by atoms with Crippen LogP contribution in [-0.2, 0) is 0 Å². The molecule has 4 nitrogen and oxygen atoms in total. The van der Waals surface area contributed by atoms with Crippen LogP contribution >= 0.6 is 0 Å². The Hall–Kier alpha value is -2.35. The second-order valence-corrected chi connectivity index (χ2v) is 5.03. The van der Waals surface area contributed by atoms with Gasteiger partial charge in [-0.1, -0.05) is 31.9 Å². The van der Waals surface area contributed by atoms with Gasteiger partial charge in [0, 0.05) is 6.54 Å². The van der Waals surface area contributed by atoms with Gasteiger partial charge in [-0.25, -0.2) is 9.18 Å². The number of carbonyl (C=O) groups is 1. The van der Waals surface area contributed by atoms with Crippen molar-refractivity contribution in [1.29, 1.82) is 5.26 Å². The quantitative estimate of drug-likeness (QED) is 0.859. The van der Waals surface area contributed by atoms with Crippen LogP contribution in [0.3, 0.4) is 0 Å². The lowest BCUT2D eigenvalue weighted by Gasteiger charge is -2.25. The normalized spacial score (nSPS) is 16.8. The number of halogens is 1. The van der Waals surface area contributed by atoms with E-state index in [1.54, 1.807) is 4.90 Å². The third kappa shape index (κ3) is 3.60. The fourth-order valence-electron chi connectivity index (χ4n) is 2.34. The molecule has 2 rings (SSSR count). The topological polar surface area (TPSA) is 56.1 Å². The zero-order valence-corrected chi connectivity index (χ0v) is 12.0. The SMILES string of the molecule is CCCCC1C=CCN1C(=O)Nc1ccc(C#N)cc1F. The number of nitrogens with zero attached hydrogens (tertiary/aromatic N) is 2. The minimum atomic E-state index is -0.598. The van der Waals surface area contributed by atoms with Crippen LogP contribution in [0, 0.1) is 17.1 Å². The Morgan fingerprint density at radius 2 is 2.38 bits per heavy atom. The Balaban J connectivity index is 2.03. The van der Waals surface area contributed by atoms with Crippen LogP contribution in [-0.4, -0.2) is 23.5 Å². The summed E-state index contributed by atoms with van der Waals surface area (Å²) in [5.41, 5.74) is 0.328. The van der Waals surface area contributed by atoms with E-state index in [0.29, 0.717) is 6.54 Å². The maximum absolute atomic E-state index is 13.8. The molecule has 0 radical (unpaired) electrons. The van der Waals surface area contributed by atoms with Gasteiger partial charge in [0.25, 0.3) is 0 Å². The van der Waals surface area contributed by atoms with Crippen LogP contribution in [0.25, 0.3) is 0 Å². The Labute approximate surface area is 123 Å². The van der Waals surface area contributed by atoms with E-state index >= 15 is 0 Å². The predicted molar refractivity (Wildman–Crippen MR) is 79.3 cm³/mol. The summed E-state index contributed by atoms with van der Waals surface area (Å²) in [6.45, 7) is 2.65. The number of amides is 2. The van der Waals surface area contributed by atoms with Crippen LogP contribution in [0.1, 0.15) is 31.7 Å². The summed E-state index contributed by atoms with van der Waals surface area (Å²) >= 11 is 0. The first-order valence-corrected chi connectivity index (χ1v) is 7.09. The van der Waals surface area contributed by atoms with Gasteiger partial charge in [0.2, 0.25) is 0 Å². The molecule has 1 heterocycles. The summed E-state index contributed by atoms with van der Waals surface area (Å²) in [4.78, 5) is 13.9. The molecule has 1 atom stereocenters. The standard InChI is InChI=1S/C16H18FN3O/c1-2-3-5-13-6-4-9-20(13)16(21)19-15-8-7-12(11-18)10-14(15)17/h4,6-8,10,13H,2-3,5,9H2,1H3,(H,19,21). The third-order valence-corrected chi connectivity index (χ3v) is 3.51. The summed E-state index contributed by atoms with van der Waals surface area (Å²) in [5, 5.41) is 11.3. The van der Waals surface area contributed by atoms with Gasteiger partial charge in [-0.05, 0) is 24.6 Å². The maximum atomic E-state index is 13.8. The molecular formula is C16H18FN3O. The van der Waals surface area contributed by atoms with E-state index in [-0.39, 0.29) is 23.3 Å². The molecule has 0 fully saturated rings. The molecule has 1 N–H and O–H groups in total. The van der Waals surface area contributed by atoms with Gasteiger partial charge in [0.15, 0.2) is 0 Å². The average molecular weight is 287 g/mol. The monoisotopic (exact) mass is 287 g/mol. The zero-order chi connectivity index (χ0) is 15.2. The molecule has 1 unspecified atom stereocenters. The van der Waals surface area contributed by atoms with E-state index in [2.05, 4.69) is 12.2 Å². The van der Waals surface area contributed by atoms with Crippen LogP contribution in [0.5, 0.6) is 0 Å². The lowest BCUT2D eigenvalue weighted by molar-refractivity contribution is 0.208. The summed E-state index contributed by atoms with van der Waals surface area (Å²) in [6, 6.07) is 5.63. The van der Waals surface area contributed by atoms with Crippen LogP contribution < -0.4 is 5.32 Å². The van der Waals surface area contributed by atoms with Crippen molar-refractivity contribution >= 4 is 11.7 Å². The van der Waals surface area contributed by atoms with E-state index in [0.717, 1.165) is 25.3 Å². The number of unbranched alkanes of at least 4 members (excludes halogenated alkanes) is 1.